The van der Waals surface area contributed by atoms with E-state index in [4.69, 9.17) is 4.99 Å². The van der Waals surface area contributed by atoms with Crippen molar-refractivity contribution in [2.45, 2.75) is 71.4 Å². The largest absolute Gasteiger partial charge is 0.357 e. The Morgan fingerprint density at radius 3 is 2.74 bits per heavy atom. The van der Waals surface area contributed by atoms with E-state index in [-0.39, 0.29) is 41.8 Å². The van der Waals surface area contributed by atoms with Crippen molar-refractivity contribution in [1.29, 1.82) is 0 Å². The summed E-state index contributed by atoms with van der Waals surface area (Å²) < 4.78 is 0. The second-order valence-electron chi connectivity index (χ2n) is 7.50. The van der Waals surface area contributed by atoms with Crippen molar-refractivity contribution < 1.29 is 4.79 Å². The minimum Gasteiger partial charge on any atom is -0.357 e. The van der Waals surface area contributed by atoms with Crippen LogP contribution in [0.4, 0.5) is 0 Å². The number of carbonyl (C=O) groups excluding carboxylic acids is 1. The predicted molar refractivity (Wildman–Crippen MR) is 126 cm³/mol. The van der Waals surface area contributed by atoms with Gasteiger partial charge in [-0.2, -0.15) is 0 Å². The second kappa shape index (κ2) is 12.6. The molecule has 0 radical (unpaired) electrons. The summed E-state index contributed by atoms with van der Waals surface area (Å²) in [5.41, 5.74) is 0. The highest BCUT2D eigenvalue weighted by atomic mass is 127. The fraction of sp³-hybridized carbons (Fsp3) is 0.700. The van der Waals surface area contributed by atoms with E-state index in [9.17, 15) is 4.79 Å². The van der Waals surface area contributed by atoms with Gasteiger partial charge in [0, 0.05) is 35.3 Å². The van der Waals surface area contributed by atoms with Crippen LogP contribution in [0.25, 0.3) is 0 Å². The summed E-state index contributed by atoms with van der Waals surface area (Å²) in [5, 5.41) is 12.1. The molecule has 1 aromatic heterocycles. The van der Waals surface area contributed by atoms with Gasteiger partial charge in [0.1, 0.15) is 0 Å². The third-order valence-electron chi connectivity index (χ3n) is 4.71. The first-order valence-corrected chi connectivity index (χ1v) is 10.8. The lowest BCUT2D eigenvalue weighted by molar-refractivity contribution is -0.126. The topological polar surface area (TPSA) is 65.5 Å². The van der Waals surface area contributed by atoms with E-state index < -0.39 is 0 Å². The maximum atomic E-state index is 12.3. The normalized spacial score (nSPS) is 21.3. The zero-order valence-electron chi connectivity index (χ0n) is 17.0. The SMILES string of the molecule is CCNC(=NCC(C)c1cccs1)NC1CCCC(C(=O)NC(C)C)C1.I. The number of halogens is 1. The van der Waals surface area contributed by atoms with Crippen molar-refractivity contribution in [2.24, 2.45) is 10.9 Å². The average molecular weight is 506 g/mol. The number of rotatable bonds is 7. The molecule has 0 saturated heterocycles. The second-order valence-corrected chi connectivity index (χ2v) is 8.48. The number of thiophene rings is 1. The van der Waals surface area contributed by atoms with Gasteiger partial charge in [-0.1, -0.05) is 19.4 Å². The highest BCUT2D eigenvalue weighted by molar-refractivity contribution is 14.0. The van der Waals surface area contributed by atoms with Crippen LogP contribution in [0.5, 0.6) is 0 Å². The third kappa shape index (κ3) is 8.37. The maximum Gasteiger partial charge on any atom is 0.223 e. The molecule has 154 valence electrons. The predicted octanol–water partition coefficient (Wildman–Crippen LogP) is 4.11. The molecule has 0 aliphatic heterocycles. The van der Waals surface area contributed by atoms with Gasteiger partial charge >= 0.3 is 0 Å². The standard InChI is InChI=1S/C20H34N4OS.HI/c1-5-21-20(22-13-15(4)18-10-7-11-26-18)24-17-9-6-8-16(12-17)19(25)23-14(2)3;/h7,10-11,14-17H,5-6,8-9,12-13H2,1-4H3,(H,23,25)(H2,21,22,24);1H. The van der Waals surface area contributed by atoms with Crippen LogP contribution in [0.3, 0.4) is 0 Å². The number of amides is 1. The Morgan fingerprint density at radius 1 is 1.33 bits per heavy atom. The number of hydrogen-bond donors (Lipinski definition) is 3. The van der Waals surface area contributed by atoms with E-state index in [0.717, 1.165) is 44.7 Å². The van der Waals surface area contributed by atoms with Gasteiger partial charge in [-0.05, 0) is 51.5 Å². The Kier molecular flexibility index (Phi) is 11.3. The van der Waals surface area contributed by atoms with Gasteiger partial charge in [-0.3, -0.25) is 9.79 Å². The third-order valence-corrected chi connectivity index (χ3v) is 5.82. The monoisotopic (exact) mass is 506 g/mol. The Morgan fingerprint density at radius 2 is 2.11 bits per heavy atom. The van der Waals surface area contributed by atoms with E-state index >= 15 is 0 Å². The van der Waals surface area contributed by atoms with Crippen LogP contribution in [-0.2, 0) is 4.79 Å². The van der Waals surface area contributed by atoms with Crippen molar-refractivity contribution in [3.8, 4) is 0 Å². The average Bonchev–Trinajstić information content (AvgIpc) is 3.14. The summed E-state index contributed by atoms with van der Waals surface area (Å²) in [4.78, 5) is 18.5. The minimum atomic E-state index is 0. The summed E-state index contributed by atoms with van der Waals surface area (Å²) in [5.74, 6) is 1.59. The van der Waals surface area contributed by atoms with Crippen LogP contribution in [0.1, 0.15) is 64.2 Å². The summed E-state index contributed by atoms with van der Waals surface area (Å²) in [7, 11) is 0. The Bertz CT molecular complexity index is 577. The smallest absolute Gasteiger partial charge is 0.223 e. The fourth-order valence-electron chi connectivity index (χ4n) is 3.36. The number of hydrogen-bond acceptors (Lipinski definition) is 3. The molecule has 2 rings (SSSR count). The summed E-state index contributed by atoms with van der Waals surface area (Å²) in [6, 6.07) is 4.77. The molecule has 7 heteroatoms. The lowest BCUT2D eigenvalue weighted by Gasteiger charge is -2.30. The van der Waals surface area contributed by atoms with Crippen molar-refractivity contribution in [3.05, 3.63) is 22.4 Å². The zero-order valence-corrected chi connectivity index (χ0v) is 20.1. The molecule has 1 fully saturated rings. The molecule has 0 bridgehead atoms. The molecule has 1 aliphatic carbocycles. The molecule has 1 aromatic rings. The van der Waals surface area contributed by atoms with E-state index in [1.165, 1.54) is 4.88 Å². The van der Waals surface area contributed by atoms with E-state index in [1.807, 2.05) is 13.8 Å². The van der Waals surface area contributed by atoms with Gasteiger partial charge in [0.15, 0.2) is 5.96 Å². The van der Waals surface area contributed by atoms with Crippen LogP contribution >= 0.6 is 35.3 Å². The minimum absolute atomic E-state index is 0. The van der Waals surface area contributed by atoms with Crippen molar-refractivity contribution in [3.63, 3.8) is 0 Å². The first-order chi connectivity index (χ1) is 12.5. The fourth-order valence-corrected chi connectivity index (χ4v) is 4.14. The highest BCUT2D eigenvalue weighted by Crippen LogP contribution is 2.25. The van der Waals surface area contributed by atoms with Crippen LogP contribution in [0, 0.1) is 5.92 Å². The number of guanidine groups is 1. The quantitative estimate of drug-likeness (QED) is 0.296. The van der Waals surface area contributed by atoms with E-state index in [0.29, 0.717) is 12.0 Å². The molecule has 1 heterocycles. The lowest BCUT2D eigenvalue weighted by Crippen LogP contribution is -2.47. The Labute approximate surface area is 185 Å². The van der Waals surface area contributed by atoms with Gasteiger partial charge < -0.3 is 16.0 Å². The molecular weight excluding hydrogens is 471 g/mol. The van der Waals surface area contributed by atoms with E-state index in [2.05, 4.69) is 47.3 Å². The first kappa shape index (κ1) is 24.2. The first-order valence-electron chi connectivity index (χ1n) is 9.88. The number of nitrogens with zero attached hydrogens (tertiary/aromatic N) is 1. The summed E-state index contributed by atoms with van der Waals surface area (Å²) in [6.45, 7) is 9.93. The molecule has 5 nitrogen and oxygen atoms in total. The van der Waals surface area contributed by atoms with Crippen molar-refractivity contribution in [2.75, 3.05) is 13.1 Å². The van der Waals surface area contributed by atoms with Gasteiger partial charge in [0.2, 0.25) is 5.91 Å². The van der Waals surface area contributed by atoms with Crippen LogP contribution in [-0.4, -0.2) is 37.0 Å². The molecule has 3 atom stereocenters. The molecule has 1 saturated carbocycles. The molecule has 27 heavy (non-hydrogen) atoms. The van der Waals surface area contributed by atoms with Crippen LogP contribution in [0.15, 0.2) is 22.5 Å². The number of nitrogens with one attached hydrogen (secondary N) is 3. The van der Waals surface area contributed by atoms with E-state index in [1.54, 1.807) is 11.3 Å². The van der Waals surface area contributed by atoms with Crippen molar-refractivity contribution in [1.82, 2.24) is 16.0 Å². The van der Waals surface area contributed by atoms with Crippen LogP contribution in [0.2, 0.25) is 0 Å². The molecule has 1 amide bonds. The lowest BCUT2D eigenvalue weighted by atomic mass is 9.85. The molecule has 0 aromatic carbocycles. The summed E-state index contributed by atoms with van der Waals surface area (Å²) >= 11 is 1.79. The molecule has 3 N–H and O–H groups in total. The molecule has 3 unspecified atom stereocenters. The Hall–Kier alpha value is -0.830. The molecule has 1 aliphatic rings. The van der Waals surface area contributed by atoms with Gasteiger partial charge in [0.25, 0.3) is 0 Å². The maximum absolute atomic E-state index is 12.3. The van der Waals surface area contributed by atoms with Gasteiger partial charge in [-0.25, -0.2) is 0 Å². The Balaban J connectivity index is 0.00000364. The van der Waals surface area contributed by atoms with Crippen molar-refractivity contribution >= 4 is 47.2 Å². The molecule has 0 spiro atoms. The zero-order chi connectivity index (χ0) is 18.9. The van der Waals surface area contributed by atoms with Crippen LogP contribution < -0.4 is 16.0 Å². The summed E-state index contributed by atoms with van der Waals surface area (Å²) in [6.07, 6.45) is 4.04. The number of carbonyl (C=O) groups is 1. The van der Waals surface area contributed by atoms with Gasteiger partial charge in [-0.15, -0.1) is 35.3 Å². The number of aliphatic imine (C=N–C) groups is 1. The highest BCUT2D eigenvalue weighted by Gasteiger charge is 2.28. The molecular formula is C20H35IN4OS. The van der Waals surface area contributed by atoms with Gasteiger partial charge in [0.05, 0.1) is 6.54 Å².